The van der Waals surface area contributed by atoms with Crippen LogP contribution in [0.15, 0.2) is 71.8 Å². The van der Waals surface area contributed by atoms with Crippen molar-refractivity contribution in [3.8, 4) is 16.8 Å². The number of para-hydroxylation sites is 1. The Kier molecular flexibility index (Phi) is 3.19. The van der Waals surface area contributed by atoms with Gasteiger partial charge in [0.15, 0.2) is 0 Å². The Morgan fingerprint density at radius 1 is 1.00 bits per heavy atom. The highest BCUT2D eigenvalue weighted by atomic mass is 19.4. The van der Waals surface area contributed by atoms with E-state index in [1.54, 1.807) is 10.6 Å². The van der Waals surface area contributed by atoms with Crippen LogP contribution in [-0.2, 0) is 6.18 Å². The van der Waals surface area contributed by atoms with Crippen molar-refractivity contribution >= 4 is 11.0 Å². The second-order valence-electron chi connectivity index (χ2n) is 5.35. The molecule has 6 heteroatoms. The Balaban J connectivity index is 2.06. The van der Waals surface area contributed by atoms with Crippen LogP contribution >= 0.6 is 0 Å². The minimum Gasteiger partial charge on any atom is -0.472 e. The number of imidazole rings is 1. The molecule has 0 saturated heterocycles. The largest absolute Gasteiger partial charge is 0.472 e. The van der Waals surface area contributed by atoms with Crippen LogP contribution in [0.3, 0.4) is 0 Å². The molecule has 120 valence electrons. The highest BCUT2D eigenvalue weighted by molar-refractivity contribution is 5.94. The topological polar surface area (TPSA) is 31.0 Å². The van der Waals surface area contributed by atoms with Gasteiger partial charge in [-0.25, -0.2) is 4.98 Å². The van der Waals surface area contributed by atoms with Gasteiger partial charge < -0.3 is 4.42 Å². The number of halogens is 3. The molecule has 0 radical (unpaired) electrons. The highest BCUT2D eigenvalue weighted by Crippen LogP contribution is 2.37. The molecule has 0 aliphatic heterocycles. The summed E-state index contributed by atoms with van der Waals surface area (Å²) in [7, 11) is 0. The monoisotopic (exact) mass is 328 g/mol. The van der Waals surface area contributed by atoms with Gasteiger partial charge in [0.2, 0.25) is 0 Å². The third-order valence-electron chi connectivity index (χ3n) is 3.84. The summed E-state index contributed by atoms with van der Waals surface area (Å²) in [5.74, 6) is 0. The quantitative estimate of drug-likeness (QED) is 0.500. The highest BCUT2D eigenvalue weighted by Gasteiger charge is 2.32. The third-order valence-corrected chi connectivity index (χ3v) is 3.84. The van der Waals surface area contributed by atoms with Crippen molar-refractivity contribution in [1.82, 2.24) is 9.55 Å². The maximum absolute atomic E-state index is 13.2. The Hall–Kier alpha value is -3.02. The molecular weight excluding hydrogens is 317 g/mol. The zero-order chi connectivity index (χ0) is 16.7. The molecule has 2 aromatic carbocycles. The summed E-state index contributed by atoms with van der Waals surface area (Å²) in [5, 5.41) is 0. The van der Waals surface area contributed by atoms with E-state index in [2.05, 4.69) is 4.98 Å². The molecule has 0 unspecified atom stereocenters. The second-order valence-corrected chi connectivity index (χ2v) is 5.35. The van der Waals surface area contributed by atoms with Gasteiger partial charge in [-0.15, -0.1) is 0 Å². The molecule has 0 bridgehead atoms. The Labute approximate surface area is 135 Å². The number of fused-ring (bicyclic) bond motifs is 1. The maximum Gasteiger partial charge on any atom is 0.416 e. The van der Waals surface area contributed by atoms with E-state index in [4.69, 9.17) is 4.42 Å². The molecule has 4 rings (SSSR count). The number of aromatic nitrogens is 2. The summed E-state index contributed by atoms with van der Waals surface area (Å²) in [6.07, 6.45) is -0.0468. The summed E-state index contributed by atoms with van der Waals surface area (Å²) in [6.45, 7) is 0. The van der Waals surface area contributed by atoms with Crippen LogP contribution in [0.4, 0.5) is 13.2 Å². The van der Waals surface area contributed by atoms with Crippen molar-refractivity contribution in [2.75, 3.05) is 0 Å². The number of hydrogen-bond acceptors (Lipinski definition) is 2. The molecule has 0 fully saturated rings. The summed E-state index contributed by atoms with van der Waals surface area (Å²) < 4.78 is 46.5. The van der Waals surface area contributed by atoms with Crippen molar-refractivity contribution < 1.29 is 17.6 Å². The van der Waals surface area contributed by atoms with E-state index in [0.717, 1.165) is 17.8 Å². The molecule has 0 aliphatic rings. The van der Waals surface area contributed by atoms with E-state index in [1.165, 1.54) is 18.9 Å². The number of rotatable bonds is 2. The van der Waals surface area contributed by atoms with Crippen LogP contribution < -0.4 is 0 Å². The van der Waals surface area contributed by atoms with E-state index < -0.39 is 11.7 Å². The van der Waals surface area contributed by atoms with E-state index in [9.17, 15) is 13.2 Å². The van der Waals surface area contributed by atoms with Gasteiger partial charge >= 0.3 is 6.18 Å². The molecule has 2 aromatic heterocycles. The van der Waals surface area contributed by atoms with Crippen molar-refractivity contribution in [3.05, 3.63) is 72.9 Å². The van der Waals surface area contributed by atoms with Gasteiger partial charge in [-0.3, -0.25) is 4.57 Å². The second kappa shape index (κ2) is 5.26. The van der Waals surface area contributed by atoms with E-state index >= 15 is 0 Å². The average molecular weight is 328 g/mol. The van der Waals surface area contributed by atoms with Gasteiger partial charge in [0.25, 0.3) is 0 Å². The predicted octanol–water partition coefficient (Wildman–Crippen LogP) is 5.30. The van der Waals surface area contributed by atoms with Gasteiger partial charge in [-0.1, -0.05) is 18.2 Å². The summed E-state index contributed by atoms with van der Waals surface area (Å²) in [6, 6.07) is 13.2. The van der Waals surface area contributed by atoms with Gasteiger partial charge in [-0.05, 0) is 30.3 Å². The first-order valence-electron chi connectivity index (χ1n) is 7.20. The first-order valence-corrected chi connectivity index (χ1v) is 7.20. The number of hydrogen-bond donors (Lipinski definition) is 0. The van der Waals surface area contributed by atoms with Gasteiger partial charge in [0, 0.05) is 16.8 Å². The molecule has 0 aliphatic carbocycles. The minimum atomic E-state index is -4.44. The summed E-state index contributed by atoms with van der Waals surface area (Å²) in [4.78, 5) is 4.17. The SMILES string of the molecule is FC(F)(F)c1cc(-c2ccoc2)c2c(c1)ncn2-c1ccccc1. The van der Waals surface area contributed by atoms with Crippen LogP contribution in [0.2, 0.25) is 0 Å². The summed E-state index contributed by atoms with van der Waals surface area (Å²) >= 11 is 0. The van der Waals surface area contributed by atoms with Crippen molar-refractivity contribution in [3.63, 3.8) is 0 Å². The lowest BCUT2D eigenvalue weighted by molar-refractivity contribution is -0.137. The number of furan rings is 1. The van der Waals surface area contributed by atoms with E-state index in [-0.39, 0.29) is 5.52 Å². The maximum atomic E-state index is 13.2. The molecule has 0 saturated carbocycles. The Morgan fingerprint density at radius 2 is 1.79 bits per heavy atom. The van der Waals surface area contributed by atoms with Crippen molar-refractivity contribution in [2.45, 2.75) is 6.18 Å². The molecule has 4 aromatic rings. The standard InChI is InChI=1S/C18H11F3N2O/c19-18(20,21)13-8-15(12-6-7-24-10-12)17-16(9-13)22-11-23(17)14-4-2-1-3-5-14/h1-11H. The Morgan fingerprint density at radius 3 is 2.46 bits per heavy atom. The van der Waals surface area contributed by atoms with E-state index in [1.807, 2.05) is 30.3 Å². The lowest BCUT2D eigenvalue weighted by atomic mass is 10.0. The normalized spacial score (nSPS) is 12.0. The third kappa shape index (κ3) is 2.36. The molecule has 0 spiro atoms. The zero-order valence-corrected chi connectivity index (χ0v) is 12.3. The molecule has 24 heavy (non-hydrogen) atoms. The minimum absolute atomic E-state index is 0.282. The number of benzene rings is 2. The lowest BCUT2D eigenvalue weighted by Gasteiger charge is -2.12. The first-order chi connectivity index (χ1) is 11.5. The Bertz CT molecular complexity index is 986. The molecule has 0 atom stereocenters. The first kappa shape index (κ1) is 14.6. The number of alkyl halides is 3. The van der Waals surface area contributed by atoms with Crippen LogP contribution in [0.5, 0.6) is 0 Å². The fourth-order valence-electron chi connectivity index (χ4n) is 2.73. The predicted molar refractivity (Wildman–Crippen MR) is 83.8 cm³/mol. The molecule has 3 nitrogen and oxygen atoms in total. The van der Waals surface area contributed by atoms with Crippen molar-refractivity contribution in [2.24, 2.45) is 0 Å². The van der Waals surface area contributed by atoms with Crippen LogP contribution in [0.25, 0.3) is 27.8 Å². The van der Waals surface area contributed by atoms with Gasteiger partial charge in [0.05, 0.1) is 29.1 Å². The van der Waals surface area contributed by atoms with Crippen LogP contribution in [-0.4, -0.2) is 9.55 Å². The van der Waals surface area contributed by atoms with Crippen LogP contribution in [0.1, 0.15) is 5.56 Å². The number of nitrogens with zero attached hydrogens (tertiary/aromatic N) is 2. The van der Waals surface area contributed by atoms with E-state index in [0.29, 0.717) is 16.6 Å². The molecule has 0 N–H and O–H groups in total. The fourth-order valence-corrected chi connectivity index (χ4v) is 2.73. The average Bonchev–Trinajstić information content (AvgIpc) is 3.23. The lowest BCUT2D eigenvalue weighted by Crippen LogP contribution is -2.05. The fraction of sp³-hybridized carbons (Fsp3) is 0.0556. The smallest absolute Gasteiger partial charge is 0.416 e. The van der Waals surface area contributed by atoms with Gasteiger partial charge in [0.1, 0.15) is 6.33 Å². The van der Waals surface area contributed by atoms with Gasteiger partial charge in [-0.2, -0.15) is 13.2 Å². The van der Waals surface area contributed by atoms with Crippen LogP contribution in [0, 0.1) is 0 Å². The molecule has 2 heterocycles. The summed E-state index contributed by atoms with van der Waals surface area (Å²) in [5.41, 5.74) is 1.98. The molecular formula is C18H11F3N2O. The zero-order valence-electron chi connectivity index (χ0n) is 12.3. The molecule has 0 amide bonds. The van der Waals surface area contributed by atoms with Crippen molar-refractivity contribution in [1.29, 1.82) is 0 Å².